The number of carboxylic acids is 1. The molecule has 0 aliphatic carbocycles. The average molecular weight is 380 g/mol. The Morgan fingerprint density at radius 1 is 1.60 bits per heavy atom. The molecule has 8 heteroatoms. The van der Waals surface area contributed by atoms with Crippen LogP contribution in [-0.2, 0) is 11.3 Å². The number of fused-ring (bicyclic) bond motifs is 1. The second kappa shape index (κ2) is 6.15. The first kappa shape index (κ1) is 15.3. The van der Waals surface area contributed by atoms with Crippen LogP contribution in [0, 0.1) is 5.82 Å². The van der Waals surface area contributed by atoms with Crippen molar-refractivity contribution in [3.8, 4) is 0 Å². The van der Waals surface area contributed by atoms with Gasteiger partial charge in [-0.15, -0.1) is 0 Å². The fourth-order valence-corrected chi connectivity index (χ4v) is 2.80. The van der Waals surface area contributed by atoms with Gasteiger partial charge >= 0.3 is 5.97 Å². The van der Waals surface area contributed by atoms with E-state index >= 15 is 0 Å². The Kier molecular flexibility index (Phi) is 4.72. The first-order chi connectivity index (χ1) is 9.38. The quantitative estimate of drug-likeness (QED) is 0.800. The number of imidazole rings is 1. The second-order valence-corrected chi connectivity index (χ2v) is 6.41. The summed E-state index contributed by atoms with van der Waals surface area (Å²) in [6.07, 6.45) is 0. The number of hydrogen-bond acceptors (Lipinski definition) is 3. The molecule has 0 bridgehead atoms. The molecule has 4 nitrogen and oxygen atoms in total. The van der Waals surface area contributed by atoms with Crippen LogP contribution in [0.5, 0.6) is 0 Å². The van der Waals surface area contributed by atoms with E-state index in [0.29, 0.717) is 27.2 Å². The number of carbonyl (C=O) groups is 1. The number of halogens is 3. The fourth-order valence-electron chi connectivity index (χ4n) is 1.66. The van der Waals surface area contributed by atoms with Crippen LogP contribution < -0.4 is 0 Å². The Balaban J connectivity index is 2.54. The molecule has 0 saturated heterocycles. The van der Waals surface area contributed by atoms with Gasteiger partial charge in [0.25, 0.3) is 0 Å². The lowest BCUT2D eigenvalue weighted by molar-refractivity contribution is -0.133. The van der Waals surface area contributed by atoms with E-state index in [1.165, 1.54) is 12.1 Å². The van der Waals surface area contributed by atoms with Crippen LogP contribution in [0.4, 0.5) is 4.39 Å². The summed E-state index contributed by atoms with van der Waals surface area (Å²) in [7, 11) is 0. The standard InChI is InChI=1S/C12H9BrClFN2O2S/c1-6(13)4-17-10-3-8(15)7(14)2-9(10)16-12(17)20-5-11(18)19/h2-3H,1,4-5H2,(H,18,19). The molecule has 0 aliphatic rings. The number of thioether (sulfide) groups is 1. The minimum Gasteiger partial charge on any atom is -0.481 e. The zero-order chi connectivity index (χ0) is 14.9. The summed E-state index contributed by atoms with van der Waals surface area (Å²) >= 11 is 10.0. The van der Waals surface area contributed by atoms with E-state index < -0.39 is 11.8 Å². The maximum absolute atomic E-state index is 13.6. The lowest BCUT2D eigenvalue weighted by atomic mass is 10.3. The lowest BCUT2D eigenvalue weighted by Crippen LogP contribution is -2.03. The van der Waals surface area contributed by atoms with Crippen LogP contribution in [0.25, 0.3) is 11.0 Å². The Bertz CT molecular complexity index is 704. The van der Waals surface area contributed by atoms with Crippen LogP contribution >= 0.6 is 39.3 Å². The first-order valence-electron chi connectivity index (χ1n) is 5.41. The van der Waals surface area contributed by atoms with Gasteiger partial charge in [-0.25, -0.2) is 9.37 Å². The highest BCUT2D eigenvalue weighted by molar-refractivity contribution is 9.11. The van der Waals surface area contributed by atoms with Gasteiger partial charge < -0.3 is 9.67 Å². The van der Waals surface area contributed by atoms with Crippen molar-refractivity contribution in [2.45, 2.75) is 11.7 Å². The van der Waals surface area contributed by atoms with Gasteiger partial charge in [-0.1, -0.05) is 45.9 Å². The smallest absolute Gasteiger partial charge is 0.313 e. The second-order valence-electron chi connectivity index (χ2n) is 3.94. The molecule has 0 radical (unpaired) electrons. The van der Waals surface area contributed by atoms with Crippen LogP contribution in [0.3, 0.4) is 0 Å². The molecule has 106 valence electrons. The van der Waals surface area contributed by atoms with Crippen molar-refractivity contribution in [3.63, 3.8) is 0 Å². The molecule has 0 spiro atoms. The molecule has 20 heavy (non-hydrogen) atoms. The van der Waals surface area contributed by atoms with Gasteiger partial charge in [0, 0.05) is 10.5 Å². The molecule has 0 fully saturated rings. The molecule has 1 heterocycles. The molecule has 2 rings (SSSR count). The summed E-state index contributed by atoms with van der Waals surface area (Å²) in [6.45, 7) is 4.10. The molecule has 0 atom stereocenters. The van der Waals surface area contributed by atoms with Gasteiger partial charge in [-0.05, 0) is 6.07 Å². The molecule has 0 aliphatic heterocycles. The van der Waals surface area contributed by atoms with E-state index in [9.17, 15) is 9.18 Å². The summed E-state index contributed by atoms with van der Waals surface area (Å²) < 4.78 is 15.9. The molecule has 0 saturated carbocycles. The van der Waals surface area contributed by atoms with Crippen LogP contribution in [-0.4, -0.2) is 26.4 Å². The molecule has 1 aromatic heterocycles. The largest absolute Gasteiger partial charge is 0.481 e. The number of benzene rings is 1. The molecule has 0 unspecified atom stereocenters. The van der Waals surface area contributed by atoms with Crippen molar-refractivity contribution in [2.24, 2.45) is 0 Å². The average Bonchev–Trinajstić information content (AvgIpc) is 2.65. The van der Waals surface area contributed by atoms with Gasteiger partial charge in [0.1, 0.15) is 5.82 Å². The molecular weight excluding hydrogens is 371 g/mol. The van der Waals surface area contributed by atoms with Crippen LogP contribution in [0.15, 0.2) is 28.4 Å². The molecule has 2 aromatic rings. The number of nitrogens with zero attached hydrogens (tertiary/aromatic N) is 2. The van der Waals surface area contributed by atoms with E-state index in [-0.39, 0.29) is 10.8 Å². The van der Waals surface area contributed by atoms with E-state index in [1.54, 1.807) is 4.57 Å². The lowest BCUT2D eigenvalue weighted by Gasteiger charge is -2.07. The molecule has 0 amide bonds. The predicted molar refractivity (Wildman–Crippen MR) is 81.1 cm³/mol. The third kappa shape index (κ3) is 3.34. The summed E-state index contributed by atoms with van der Waals surface area (Å²) in [5.74, 6) is -1.63. The van der Waals surface area contributed by atoms with Crippen LogP contribution in [0.1, 0.15) is 0 Å². The van der Waals surface area contributed by atoms with Crippen molar-refractivity contribution in [2.75, 3.05) is 5.75 Å². The van der Waals surface area contributed by atoms with Crippen LogP contribution in [0.2, 0.25) is 5.02 Å². The molecular formula is C12H9BrClFN2O2S. The summed E-state index contributed by atoms with van der Waals surface area (Å²) in [5.41, 5.74) is 1.05. The first-order valence-corrected chi connectivity index (χ1v) is 7.57. The predicted octanol–water partition coefficient (Wildman–Crippen LogP) is 3.91. The Morgan fingerprint density at radius 3 is 2.90 bits per heavy atom. The maximum Gasteiger partial charge on any atom is 0.313 e. The van der Waals surface area contributed by atoms with Crippen molar-refractivity contribution in [1.29, 1.82) is 0 Å². The molecule has 1 N–H and O–H groups in total. The Hall–Kier alpha value is -1.05. The Morgan fingerprint density at radius 2 is 2.30 bits per heavy atom. The number of allylic oxidation sites excluding steroid dienone is 1. The van der Waals surface area contributed by atoms with Gasteiger partial charge in [-0.2, -0.15) is 0 Å². The van der Waals surface area contributed by atoms with E-state index in [0.717, 1.165) is 11.8 Å². The number of rotatable bonds is 5. The normalized spacial score (nSPS) is 10.9. The van der Waals surface area contributed by atoms with Crippen molar-refractivity contribution in [1.82, 2.24) is 9.55 Å². The van der Waals surface area contributed by atoms with Gasteiger partial charge in [0.05, 0.1) is 28.4 Å². The van der Waals surface area contributed by atoms with Gasteiger partial charge in [-0.3, -0.25) is 4.79 Å². The summed E-state index contributed by atoms with van der Waals surface area (Å²) in [5, 5.41) is 9.20. The van der Waals surface area contributed by atoms with Crippen molar-refractivity contribution in [3.05, 3.63) is 34.0 Å². The minimum absolute atomic E-state index is 0.0189. The SMILES string of the molecule is C=C(Br)Cn1c(SCC(=O)O)nc2cc(Cl)c(F)cc21. The number of carboxylic acid groups (broad SMARTS) is 1. The van der Waals surface area contributed by atoms with Gasteiger partial charge in [0.2, 0.25) is 0 Å². The number of aromatic nitrogens is 2. The molecule has 1 aromatic carbocycles. The minimum atomic E-state index is -0.949. The maximum atomic E-state index is 13.6. The van der Waals surface area contributed by atoms with Crippen molar-refractivity contribution >= 4 is 56.3 Å². The highest BCUT2D eigenvalue weighted by Gasteiger charge is 2.15. The van der Waals surface area contributed by atoms with Crippen molar-refractivity contribution < 1.29 is 14.3 Å². The third-order valence-electron chi connectivity index (χ3n) is 2.41. The highest BCUT2D eigenvalue weighted by Crippen LogP contribution is 2.29. The highest BCUT2D eigenvalue weighted by atomic mass is 79.9. The zero-order valence-corrected chi connectivity index (χ0v) is 13.2. The van der Waals surface area contributed by atoms with Gasteiger partial charge in [0.15, 0.2) is 5.16 Å². The van der Waals surface area contributed by atoms with E-state index in [2.05, 4.69) is 27.5 Å². The van der Waals surface area contributed by atoms with E-state index in [1.807, 2.05) is 0 Å². The number of aliphatic carboxylic acids is 1. The monoisotopic (exact) mass is 378 g/mol. The zero-order valence-electron chi connectivity index (χ0n) is 10.1. The fraction of sp³-hybridized carbons (Fsp3) is 0.167. The Labute approximate surface area is 131 Å². The number of hydrogen-bond donors (Lipinski definition) is 1. The van der Waals surface area contributed by atoms with E-state index in [4.69, 9.17) is 16.7 Å². The topological polar surface area (TPSA) is 55.1 Å². The third-order valence-corrected chi connectivity index (χ3v) is 3.91. The summed E-state index contributed by atoms with van der Waals surface area (Å²) in [4.78, 5) is 15.0. The summed E-state index contributed by atoms with van der Waals surface area (Å²) in [6, 6.07) is 2.70.